The predicted octanol–water partition coefficient (Wildman–Crippen LogP) is 16.7. The van der Waals surface area contributed by atoms with Gasteiger partial charge in [-0.15, -0.1) is 0 Å². The van der Waals surface area contributed by atoms with Gasteiger partial charge >= 0.3 is 8.60 Å². The summed E-state index contributed by atoms with van der Waals surface area (Å²) < 4.78 is 24.2. The highest BCUT2D eigenvalue weighted by Gasteiger charge is 2.58. The first kappa shape index (κ1) is 48.3. The van der Waals surface area contributed by atoms with Gasteiger partial charge in [0.15, 0.2) is 0 Å². The molecule has 4 heteroatoms. The summed E-state index contributed by atoms with van der Waals surface area (Å²) in [4.78, 5) is 0. The summed E-state index contributed by atoms with van der Waals surface area (Å²) in [6.07, 6.45) is 0. The van der Waals surface area contributed by atoms with Crippen LogP contribution in [0.2, 0.25) is 0 Å². The Hall–Kier alpha value is -6.71. The molecule has 0 saturated carbocycles. The first-order valence-electron chi connectivity index (χ1n) is 24.4. The average Bonchev–Trinajstić information content (AvgIpc) is 3.39. The molecule has 9 aromatic rings. The first-order chi connectivity index (χ1) is 34.0. The molecule has 0 aliphatic heterocycles. The molecule has 350 valence electrons. The lowest BCUT2D eigenvalue weighted by molar-refractivity contribution is -0.0529. The SMILES string of the molecule is CC(C)(OP(OC(C)(C)C(c1ccccc1)(c1ccccc1)c1ccccc1)OC(C)(C)C(c1ccccc1)(c1ccccc1)c1ccccc1)C(c1ccccc1)(c1ccccc1)c1ccccc1. The van der Waals surface area contributed by atoms with Crippen LogP contribution in [0, 0.1) is 0 Å². The Bertz CT molecular complexity index is 2380. The third-order valence-electron chi connectivity index (χ3n) is 14.5. The molecule has 0 bridgehead atoms. The summed E-state index contributed by atoms with van der Waals surface area (Å²) in [6.45, 7) is 13.2. The van der Waals surface area contributed by atoms with Crippen molar-refractivity contribution < 1.29 is 13.6 Å². The maximum absolute atomic E-state index is 8.06. The van der Waals surface area contributed by atoms with Crippen molar-refractivity contribution in [3.05, 3.63) is 323 Å². The van der Waals surface area contributed by atoms with Gasteiger partial charge in [-0.1, -0.05) is 273 Å². The third-order valence-corrected chi connectivity index (χ3v) is 16.3. The molecule has 3 nitrogen and oxygen atoms in total. The Balaban J connectivity index is 1.32. The van der Waals surface area contributed by atoms with E-state index in [9.17, 15) is 0 Å². The minimum Gasteiger partial charge on any atom is -0.304 e. The molecule has 70 heavy (non-hydrogen) atoms. The second kappa shape index (κ2) is 20.3. The maximum Gasteiger partial charge on any atom is 0.334 e. The van der Waals surface area contributed by atoms with Crippen LogP contribution in [0.25, 0.3) is 0 Å². The van der Waals surface area contributed by atoms with Gasteiger partial charge in [0.25, 0.3) is 0 Å². The highest BCUT2D eigenvalue weighted by Crippen LogP contribution is 2.64. The average molecular weight is 935 g/mol. The molecule has 0 spiro atoms. The van der Waals surface area contributed by atoms with Gasteiger partial charge in [-0.25, -0.2) is 0 Å². The Kier molecular flexibility index (Phi) is 14.0. The fraction of sp³-hybridized carbons (Fsp3) is 0.182. The van der Waals surface area contributed by atoms with Crippen molar-refractivity contribution in [1.82, 2.24) is 0 Å². The molecule has 0 amide bonds. The van der Waals surface area contributed by atoms with Crippen molar-refractivity contribution in [3.63, 3.8) is 0 Å². The van der Waals surface area contributed by atoms with Gasteiger partial charge in [-0.3, -0.25) is 0 Å². The van der Waals surface area contributed by atoms with Crippen LogP contribution in [0.15, 0.2) is 273 Å². The van der Waals surface area contributed by atoms with Crippen LogP contribution in [0.1, 0.15) is 91.6 Å². The largest absolute Gasteiger partial charge is 0.334 e. The van der Waals surface area contributed by atoms with Crippen molar-refractivity contribution in [3.8, 4) is 0 Å². The van der Waals surface area contributed by atoms with Gasteiger partial charge < -0.3 is 13.6 Å². The van der Waals surface area contributed by atoms with Crippen LogP contribution in [-0.2, 0) is 29.8 Å². The van der Waals surface area contributed by atoms with Crippen molar-refractivity contribution in [1.29, 1.82) is 0 Å². The zero-order valence-corrected chi connectivity index (χ0v) is 42.0. The zero-order valence-electron chi connectivity index (χ0n) is 41.2. The number of benzene rings is 9. The molecule has 0 aliphatic rings. The Morgan fingerprint density at radius 3 is 0.429 bits per heavy atom. The molecular weight excluding hydrogens is 872 g/mol. The molecule has 0 unspecified atom stereocenters. The minimum absolute atomic E-state index is 0.858. The standard InChI is InChI=1S/C66H63O3P/c1-61(2,64(52-34-16-7-17-35-52,53-36-18-8-19-37-53)54-38-20-9-21-39-54)67-70(68-62(3,4)65(55-40-22-10-23-41-55,56-42-24-11-25-43-56)57-44-26-12-27-45-57)69-63(5,6)66(58-46-28-13-29-47-58,59-48-30-14-31-49-59)60-50-32-15-33-51-60/h7-51H,1-6H3. The van der Waals surface area contributed by atoms with Crippen LogP contribution in [0.3, 0.4) is 0 Å². The molecule has 9 rings (SSSR count). The van der Waals surface area contributed by atoms with E-state index in [1.54, 1.807) is 0 Å². The molecule has 0 heterocycles. The monoisotopic (exact) mass is 934 g/mol. The molecule has 0 fully saturated rings. The summed E-state index contributed by atoms with van der Waals surface area (Å²) in [5, 5.41) is 0. The van der Waals surface area contributed by atoms with Gasteiger partial charge in [0.2, 0.25) is 0 Å². The van der Waals surface area contributed by atoms with Crippen molar-refractivity contribution >= 4 is 8.60 Å². The lowest BCUT2D eigenvalue weighted by Crippen LogP contribution is -2.54. The van der Waals surface area contributed by atoms with E-state index in [1.165, 1.54) is 0 Å². The summed E-state index contributed by atoms with van der Waals surface area (Å²) >= 11 is 0. The number of hydrogen-bond donors (Lipinski definition) is 0. The van der Waals surface area contributed by atoms with Gasteiger partial charge in [-0.05, 0) is 91.6 Å². The van der Waals surface area contributed by atoms with Crippen LogP contribution in [0.5, 0.6) is 0 Å². The highest BCUT2D eigenvalue weighted by molar-refractivity contribution is 7.41. The molecule has 0 atom stereocenters. The fourth-order valence-electron chi connectivity index (χ4n) is 11.6. The van der Waals surface area contributed by atoms with Crippen LogP contribution >= 0.6 is 8.60 Å². The van der Waals surface area contributed by atoms with E-state index in [0.717, 1.165) is 50.1 Å². The maximum atomic E-state index is 8.06. The number of hydrogen-bond acceptors (Lipinski definition) is 3. The first-order valence-corrected chi connectivity index (χ1v) is 25.5. The van der Waals surface area contributed by atoms with E-state index in [1.807, 2.05) is 0 Å². The van der Waals surface area contributed by atoms with Crippen molar-refractivity contribution in [2.24, 2.45) is 0 Å². The van der Waals surface area contributed by atoms with Crippen LogP contribution in [0.4, 0.5) is 0 Å². The summed E-state index contributed by atoms with van der Waals surface area (Å²) in [7, 11) is -2.33. The smallest absolute Gasteiger partial charge is 0.304 e. The number of rotatable bonds is 18. The van der Waals surface area contributed by atoms with E-state index < -0.39 is 41.7 Å². The van der Waals surface area contributed by atoms with Gasteiger partial charge in [-0.2, -0.15) is 0 Å². The molecule has 0 N–H and O–H groups in total. The van der Waals surface area contributed by atoms with Crippen molar-refractivity contribution in [2.75, 3.05) is 0 Å². The normalized spacial score (nSPS) is 12.7. The highest BCUT2D eigenvalue weighted by atomic mass is 31.2. The third kappa shape index (κ3) is 8.56. The minimum atomic E-state index is -2.33. The summed E-state index contributed by atoms with van der Waals surface area (Å²) in [5.41, 5.74) is 4.09. The molecule has 0 aromatic heterocycles. The van der Waals surface area contributed by atoms with E-state index in [2.05, 4.69) is 315 Å². The second-order valence-corrected chi connectivity index (χ2v) is 20.6. The Labute approximate surface area is 417 Å². The topological polar surface area (TPSA) is 27.7 Å². The molecule has 0 saturated heterocycles. The predicted molar refractivity (Wildman–Crippen MR) is 290 cm³/mol. The van der Waals surface area contributed by atoms with E-state index >= 15 is 0 Å². The Morgan fingerprint density at radius 2 is 0.314 bits per heavy atom. The fourth-order valence-corrected chi connectivity index (χ4v) is 13.3. The second-order valence-electron chi connectivity index (χ2n) is 19.6. The molecule has 0 radical (unpaired) electrons. The molecule has 9 aromatic carbocycles. The quantitative estimate of drug-likeness (QED) is 0.0634. The van der Waals surface area contributed by atoms with Crippen LogP contribution in [-0.4, -0.2) is 16.8 Å². The summed E-state index contributed by atoms with van der Waals surface area (Å²) in [6, 6.07) is 96.9. The van der Waals surface area contributed by atoms with Crippen LogP contribution < -0.4 is 0 Å². The van der Waals surface area contributed by atoms with Gasteiger partial charge in [0.05, 0.1) is 33.0 Å². The lowest BCUT2D eigenvalue weighted by Gasteiger charge is -2.53. The van der Waals surface area contributed by atoms with E-state index in [-0.39, 0.29) is 0 Å². The summed E-state index contributed by atoms with van der Waals surface area (Å²) in [5.74, 6) is 0. The molecular formula is C66H63O3P. The van der Waals surface area contributed by atoms with Gasteiger partial charge in [0, 0.05) is 0 Å². The lowest BCUT2D eigenvalue weighted by atomic mass is 9.60. The Morgan fingerprint density at radius 1 is 0.200 bits per heavy atom. The van der Waals surface area contributed by atoms with E-state index in [4.69, 9.17) is 13.6 Å². The van der Waals surface area contributed by atoms with Gasteiger partial charge in [0.1, 0.15) is 0 Å². The van der Waals surface area contributed by atoms with Crippen molar-refractivity contribution in [2.45, 2.75) is 74.6 Å². The van der Waals surface area contributed by atoms with E-state index in [0.29, 0.717) is 0 Å². The zero-order chi connectivity index (χ0) is 48.7. The molecule has 0 aliphatic carbocycles.